The minimum absolute atomic E-state index is 0.0843. The SMILES string of the molecule is C=CCCC(=O)N1CCN(C(=O)CCC=C)[C@@H](c2nccn2C)C1. The fraction of sp³-hybridized carbons (Fsp3) is 0.500. The number of nitrogens with zero attached hydrogens (tertiary/aromatic N) is 4. The lowest BCUT2D eigenvalue weighted by Gasteiger charge is -2.41. The van der Waals surface area contributed by atoms with Crippen LogP contribution >= 0.6 is 0 Å². The highest BCUT2D eigenvalue weighted by Gasteiger charge is 2.34. The summed E-state index contributed by atoms with van der Waals surface area (Å²) in [5, 5.41) is 0. The van der Waals surface area contributed by atoms with Crippen LogP contribution in [0.1, 0.15) is 37.5 Å². The van der Waals surface area contributed by atoms with E-state index in [0.717, 1.165) is 5.82 Å². The van der Waals surface area contributed by atoms with Crippen molar-refractivity contribution in [3.63, 3.8) is 0 Å². The van der Waals surface area contributed by atoms with Gasteiger partial charge in [0.15, 0.2) is 0 Å². The highest BCUT2D eigenvalue weighted by atomic mass is 16.2. The van der Waals surface area contributed by atoms with Gasteiger partial charge in [-0.25, -0.2) is 4.98 Å². The van der Waals surface area contributed by atoms with Gasteiger partial charge in [-0.3, -0.25) is 9.59 Å². The molecule has 1 saturated heterocycles. The molecule has 0 N–H and O–H groups in total. The van der Waals surface area contributed by atoms with Crippen LogP contribution in [0.2, 0.25) is 0 Å². The molecular formula is C18H26N4O2. The lowest BCUT2D eigenvalue weighted by atomic mass is 10.1. The Morgan fingerprint density at radius 1 is 1.21 bits per heavy atom. The van der Waals surface area contributed by atoms with E-state index in [9.17, 15) is 9.59 Å². The van der Waals surface area contributed by atoms with Crippen LogP contribution in [0.5, 0.6) is 0 Å². The van der Waals surface area contributed by atoms with Gasteiger partial charge in [0.25, 0.3) is 0 Å². The van der Waals surface area contributed by atoms with Crippen LogP contribution in [-0.4, -0.2) is 50.8 Å². The lowest BCUT2D eigenvalue weighted by Crippen LogP contribution is -2.52. The third-order valence-corrected chi connectivity index (χ3v) is 4.33. The van der Waals surface area contributed by atoms with Crippen LogP contribution in [0.4, 0.5) is 0 Å². The molecule has 130 valence electrons. The van der Waals surface area contributed by atoms with Crippen molar-refractivity contribution in [2.45, 2.75) is 31.7 Å². The minimum atomic E-state index is -0.205. The molecule has 6 nitrogen and oxygen atoms in total. The van der Waals surface area contributed by atoms with Crippen LogP contribution in [-0.2, 0) is 16.6 Å². The first kappa shape index (κ1) is 18.0. The molecule has 6 heteroatoms. The van der Waals surface area contributed by atoms with Gasteiger partial charge in [0.1, 0.15) is 11.9 Å². The van der Waals surface area contributed by atoms with Crippen LogP contribution in [0.15, 0.2) is 37.7 Å². The van der Waals surface area contributed by atoms with E-state index in [-0.39, 0.29) is 17.9 Å². The van der Waals surface area contributed by atoms with Crippen molar-refractivity contribution in [1.82, 2.24) is 19.4 Å². The number of piperazine rings is 1. The number of aryl methyl sites for hydroxylation is 1. The van der Waals surface area contributed by atoms with Crippen LogP contribution < -0.4 is 0 Å². The topological polar surface area (TPSA) is 58.4 Å². The van der Waals surface area contributed by atoms with Gasteiger partial charge in [-0.2, -0.15) is 0 Å². The van der Waals surface area contributed by atoms with E-state index in [1.807, 2.05) is 27.6 Å². The van der Waals surface area contributed by atoms with Crippen molar-refractivity contribution in [3.05, 3.63) is 43.5 Å². The number of aromatic nitrogens is 2. The quantitative estimate of drug-likeness (QED) is 0.719. The van der Waals surface area contributed by atoms with Gasteiger partial charge >= 0.3 is 0 Å². The number of hydrogen-bond donors (Lipinski definition) is 0. The Morgan fingerprint density at radius 2 is 1.88 bits per heavy atom. The zero-order valence-corrected chi connectivity index (χ0v) is 14.4. The second kappa shape index (κ2) is 8.47. The number of rotatable bonds is 7. The second-order valence-corrected chi connectivity index (χ2v) is 5.99. The summed E-state index contributed by atoms with van der Waals surface area (Å²) in [5.74, 6) is 0.997. The first-order chi connectivity index (χ1) is 11.6. The first-order valence-corrected chi connectivity index (χ1v) is 8.34. The van der Waals surface area contributed by atoms with Gasteiger partial charge < -0.3 is 14.4 Å². The van der Waals surface area contributed by atoms with E-state index >= 15 is 0 Å². The molecule has 1 atom stereocenters. The molecule has 1 aromatic heterocycles. The Bertz CT molecular complexity index is 608. The van der Waals surface area contributed by atoms with Crippen LogP contribution in [0.3, 0.4) is 0 Å². The normalized spacial score (nSPS) is 17.6. The lowest BCUT2D eigenvalue weighted by molar-refractivity contribution is -0.143. The summed E-state index contributed by atoms with van der Waals surface area (Å²) in [6, 6.07) is -0.205. The van der Waals surface area contributed by atoms with E-state index in [1.54, 1.807) is 18.3 Å². The van der Waals surface area contributed by atoms with Crippen molar-refractivity contribution in [3.8, 4) is 0 Å². The molecule has 24 heavy (non-hydrogen) atoms. The maximum absolute atomic E-state index is 12.5. The molecule has 0 aliphatic carbocycles. The molecule has 2 rings (SSSR count). The zero-order chi connectivity index (χ0) is 17.5. The smallest absolute Gasteiger partial charge is 0.223 e. The standard InChI is InChI=1S/C18H26N4O2/c1-4-6-8-16(23)21-12-13-22(17(24)9-7-5-2)15(14-21)18-19-10-11-20(18)3/h4-5,10-11,15H,1-2,6-9,12-14H2,3H3/t15-/m1/s1. The van der Waals surface area contributed by atoms with Gasteiger partial charge in [0, 0.05) is 51.9 Å². The summed E-state index contributed by atoms with van der Waals surface area (Å²) < 4.78 is 1.91. The summed E-state index contributed by atoms with van der Waals surface area (Å²) in [7, 11) is 1.91. The molecule has 1 fully saturated rings. The number of allylic oxidation sites excluding steroid dienone is 2. The Balaban J connectivity index is 2.16. The highest BCUT2D eigenvalue weighted by molar-refractivity contribution is 5.79. The molecule has 0 radical (unpaired) electrons. The molecule has 0 aromatic carbocycles. The van der Waals surface area contributed by atoms with E-state index in [2.05, 4.69) is 18.1 Å². The van der Waals surface area contributed by atoms with Gasteiger partial charge in [0.05, 0.1) is 0 Å². The molecular weight excluding hydrogens is 304 g/mol. The molecule has 0 bridgehead atoms. The Labute approximate surface area is 143 Å². The van der Waals surface area contributed by atoms with Crippen molar-refractivity contribution in [2.75, 3.05) is 19.6 Å². The predicted molar refractivity (Wildman–Crippen MR) is 93.1 cm³/mol. The van der Waals surface area contributed by atoms with E-state index in [4.69, 9.17) is 0 Å². The van der Waals surface area contributed by atoms with Gasteiger partial charge in [-0.05, 0) is 12.8 Å². The molecule has 2 amide bonds. The van der Waals surface area contributed by atoms with E-state index in [0.29, 0.717) is 45.3 Å². The minimum Gasteiger partial charge on any atom is -0.338 e. The molecule has 1 aliphatic heterocycles. The molecule has 0 saturated carbocycles. The summed E-state index contributed by atoms with van der Waals surface area (Å²) >= 11 is 0. The third-order valence-electron chi connectivity index (χ3n) is 4.33. The number of carbonyl (C=O) groups is 2. The van der Waals surface area contributed by atoms with Gasteiger partial charge in [-0.15, -0.1) is 13.2 Å². The van der Waals surface area contributed by atoms with Crippen molar-refractivity contribution >= 4 is 11.8 Å². The van der Waals surface area contributed by atoms with Crippen molar-refractivity contribution < 1.29 is 9.59 Å². The monoisotopic (exact) mass is 330 g/mol. The number of amides is 2. The molecule has 0 unspecified atom stereocenters. The van der Waals surface area contributed by atoms with Crippen LogP contribution in [0, 0.1) is 0 Å². The molecule has 1 aliphatic rings. The molecule has 0 spiro atoms. The average molecular weight is 330 g/mol. The Kier molecular flexibility index (Phi) is 6.35. The van der Waals surface area contributed by atoms with Crippen molar-refractivity contribution in [2.24, 2.45) is 7.05 Å². The summed E-state index contributed by atoms with van der Waals surface area (Å²) in [5.41, 5.74) is 0. The second-order valence-electron chi connectivity index (χ2n) is 5.99. The van der Waals surface area contributed by atoms with E-state index < -0.39 is 0 Å². The van der Waals surface area contributed by atoms with E-state index in [1.165, 1.54) is 0 Å². The summed E-state index contributed by atoms with van der Waals surface area (Å²) in [6.45, 7) is 8.93. The maximum atomic E-state index is 12.5. The van der Waals surface area contributed by atoms with Gasteiger partial charge in [0.2, 0.25) is 11.8 Å². The maximum Gasteiger partial charge on any atom is 0.223 e. The molecule has 1 aromatic rings. The summed E-state index contributed by atoms with van der Waals surface area (Å²) in [4.78, 5) is 33.0. The molecule has 2 heterocycles. The zero-order valence-electron chi connectivity index (χ0n) is 14.4. The number of imidazole rings is 1. The number of hydrogen-bond acceptors (Lipinski definition) is 3. The summed E-state index contributed by atoms with van der Waals surface area (Å²) in [6.07, 6.45) is 9.32. The highest BCUT2D eigenvalue weighted by Crippen LogP contribution is 2.25. The third kappa shape index (κ3) is 4.13. The fourth-order valence-electron chi connectivity index (χ4n) is 2.98. The largest absolute Gasteiger partial charge is 0.338 e. The average Bonchev–Trinajstić information content (AvgIpc) is 3.02. The Morgan fingerprint density at radius 3 is 2.46 bits per heavy atom. The predicted octanol–water partition coefficient (Wildman–Crippen LogP) is 2.06. The van der Waals surface area contributed by atoms with Gasteiger partial charge in [-0.1, -0.05) is 12.2 Å². The fourth-order valence-corrected chi connectivity index (χ4v) is 2.98. The van der Waals surface area contributed by atoms with Crippen molar-refractivity contribution in [1.29, 1.82) is 0 Å². The Hall–Kier alpha value is -2.37. The first-order valence-electron chi connectivity index (χ1n) is 8.34. The van der Waals surface area contributed by atoms with Crippen LogP contribution in [0.25, 0.3) is 0 Å². The number of carbonyl (C=O) groups excluding carboxylic acids is 2.